The second kappa shape index (κ2) is 18.3. The number of rotatable bonds is 9. The summed E-state index contributed by atoms with van der Waals surface area (Å²) in [5, 5.41) is 2.33. The fraction of sp³-hybridized carbons (Fsp3) is 0.329. The lowest BCUT2D eigenvalue weighted by Gasteiger charge is -2.30. The summed E-state index contributed by atoms with van der Waals surface area (Å²) in [4.78, 5) is 10.1. The lowest BCUT2D eigenvalue weighted by molar-refractivity contribution is 0.479. The third-order valence-electron chi connectivity index (χ3n) is 16.1. The minimum Gasteiger partial charge on any atom is -0.457 e. The monoisotopic (exact) mass is 991 g/mol. The van der Waals surface area contributed by atoms with Crippen molar-refractivity contribution in [2.24, 2.45) is 0 Å². The molecule has 3 heterocycles. The van der Waals surface area contributed by atoms with E-state index < -0.39 is 0 Å². The van der Waals surface area contributed by atoms with Crippen molar-refractivity contribution >= 4 is 44.6 Å². The van der Waals surface area contributed by atoms with Crippen molar-refractivity contribution in [1.82, 2.24) is 9.55 Å². The van der Waals surface area contributed by atoms with Crippen molar-refractivity contribution in [3.8, 4) is 17.3 Å². The zero-order valence-corrected chi connectivity index (χ0v) is 47.6. The summed E-state index contributed by atoms with van der Waals surface area (Å²) in [5.41, 5.74) is 16.4. The molecule has 1 aliphatic rings. The predicted molar refractivity (Wildman–Crippen MR) is 319 cm³/mol. The lowest BCUT2D eigenvalue weighted by Crippen LogP contribution is -2.26. The number of ether oxygens (including phenoxy) is 1. The fourth-order valence-electron chi connectivity index (χ4n) is 10.8. The maximum Gasteiger partial charge on any atom is 0.137 e. The standard InChI is InChI=1S/C70H78N4O/c1-65(2,3)48-27-32-61-63(41-48)73(54-36-51(66(4,5)6)35-52(37-54)67(7,8)9)45-72(61)55-38-53(68(10,11)12)39-57(43-55)75-56-29-30-58-59-40-49(69(13,14)46-23-19-17-20-24-46)28-31-60(59)74(62(58)44-56)64-42-50(33-34-71-64)70(15,16)47-25-21-18-22-26-47/h17-44H,45H2,1-16H3. The second-order valence-electron chi connectivity index (χ2n) is 26.4. The van der Waals surface area contributed by atoms with E-state index in [9.17, 15) is 0 Å². The molecule has 0 atom stereocenters. The first kappa shape index (κ1) is 51.4. The predicted octanol–water partition coefficient (Wildman–Crippen LogP) is 19.1. The Bertz CT molecular complexity index is 3560. The molecule has 2 aromatic heterocycles. The van der Waals surface area contributed by atoms with Gasteiger partial charge >= 0.3 is 0 Å². The van der Waals surface area contributed by atoms with Gasteiger partial charge in [0.2, 0.25) is 0 Å². The van der Waals surface area contributed by atoms with Gasteiger partial charge in [0.15, 0.2) is 0 Å². The van der Waals surface area contributed by atoms with E-state index in [1.807, 2.05) is 6.20 Å². The van der Waals surface area contributed by atoms with Crippen molar-refractivity contribution in [3.05, 3.63) is 214 Å². The highest BCUT2D eigenvalue weighted by atomic mass is 16.5. The van der Waals surface area contributed by atoms with Crippen LogP contribution in [0.3, 0.4) is 0 Å². The van der Waals surface area contributed by atoms with Crippen molar-refractivity contribution in [3.63, 3.8) is 0 Å². The molecule has 5 nitrogen and oxygen atoms in total. The number of benzene rings is 7. The first-order chi connectivity index (χ1) is 35.2. The molecule has 384 valence electrons. The average molecular weight is 991 g/mol. The zero-order chi connectivity index (χ0) is 53.6. The Kier molecular flexibility index (Phi) is 12.6. The Morgan fingerprint density at radius 1 is 0.360 bits per heavy atom. The van der Waals surface area contributed by atoms with Crippen LogP contribution in [-0.2, 0) is 32.5 Å². The van der Waals surface area contributed by atoms with Crippen molar-refractivity contribution in [2.45, 2.75) is 143 Å². The molecule has 0 fully saturated rings. The van der Waals surface area contributed by atoms with Crippen LogP contribution in [0.15, 0.2) is 170 Å². The number of anilines is 4. The van der Waals surface area contributed by atoms with Gasteiger partial charge in [-0.2, -0.15) is 0 Å². The summed E-state index contributed by atoms with van der Waals surface area (Å²) in [6.45, 7) is 37.6. The molecule has 7 aromatic carbocycles. The maximum absolute atomic E-state index is 7.18. The van der Waals surface area contributed by atoms with Gasteiger partial charge < -0.3 is 14.5 Å². The van der Waals surface area contributed by atoms with Crippen LogP contribution in [0, 0.1) is 0 Å². The van der Waals surface area contributed by atoms with Gasteiger partial charge in [0.25, 0.3) is 0 Å². The van der Waals surface area contributed by atoms with Gasteiger partial charge in [-0.15, -0.1) is 0 Å². The van der Waals surface area contributed by atoms with E-state index in [1.54, 1.807) is 0 Å². The van der Waals surface area contributed by atoms with Gasteiger partial charge in [-0.25, -0.2) is 4.98 Å². The summed E-state index contributed by atoms with van der Waals surface area (Å²) in [5.74, 6) is 2.43. The van der Waals surface area contributed by atoms with Gasteiger partial charge in [0.1, 0.15) is 24.0 Å². The van der Waals surface area contributed by atoms with Crippen molar-refractivity contribution in [2.75, 3.05) is 16.5 Å². The van der Waals surface area contributed by atoms with Crippen LogP contribution in [0.25, 0.3) is 27.6 Å². The summed E-state index contributed by atoms with van der Waals surface area (Å²) in [6, 6.07) is 60.8. The zero-order valence-electron chi connectivity index (χ0n) is 47.6. The van der Waals surface area contributed by atoms with Gasteiger partial charge in [0.05, 0.1) is 22.4 Å². The van der Waals surface area contributed by atoms with E-state index >= 15 is 0 Å². The summed E-state index contributed by atoms with van der Waals surface area (Å²) >= 11 is 0. The van der Waals surface area contributed by atoms with Crippen LogP contribution in [0.1, 0.15) is 155 Å². The molecule has 0 spiro atoms. The van der Waals surface area contributed by atoms with E-state index in [2.05, 4.69) is 289 Å². The van der Waals surface area contributed by atoms with E-state index in [4.69, 9.17) is 9.72 Å². The molecule has 1 aliphatic heterocycles. The molecule has 0 amide bonds. The molecule has 0 aliphatic carbocycles. The SMILES string of the molecule is CC(C)(C)c1cc(Oc2ccc3c4cc(C(C)(C)c5ccccc5)ccc4n(-c4cc(C(C)(C)c5ccccc5)ccn4)c3c2)cc(N2CN(c3cc(C(C)(C)C)cc(C(C)(C)C)c3)c3cc(C(C)(C)C)ccc32)c1. The van der Waals surface area contributed by atoms with Crippen LogP contribution in [0.5, 0.6) is 11.5 Å². The van der Waals surface area contributed by atoms with Gasteiger partial charge in [-0.3, -0.25) is 4.57 Å². The average Bonchev–Trinajstić information content (AvgIpc) is 3.93. The molecule has 10 rings (SSSR count). The molecule has 0 radical (unpaired) electrons. The number of aromatic nitrogens is 2. The number of hydrogen-bond acceptors (Lipinski definition) is 4. The second-order valence-corrected chi connectivity index (χ2v) is 26.4. The highest BCUT2D eigenvalue weighted by Crippen LogP contribution is 2.49. The third kappa shape index (κ3) is 9.76. The maximum atomic E-state index is 7.18. The Hall–Kier alpha value is -7.11. The van der Waals surface area contributed by atoms with Gasteiger partial charge in [0, 0.05) is 51.3 Å². The van der Waals surface area contributed by atoms with Gasteiger partial charge in [-0.1, -0.05) is 190 Å². The van der Waals surface area contributed by atoms with Crippen LogP contribution in [0.4, 0.5) is 22.7 Å². The Labute approximate surface area is 448 Å². The molecular weight excluding hydrogens is 913 g/mol. The first-order valence-electron chi connectivity index (χ1n) is 27.0. The number of fused-ring (bicyclic) bond motifs is 4. The normalized spacial score (nSPS) is 13.8. The van der Waals surface area contributed by atoms with Crippen LogP contribution in [0.2, 0.25) is 0 Å². The smallest absolute Gasteiger partial charge is 0.137 e. The van der Waals surface area contributed by atoms with Crippen LogP contribution < -0.4 is 14.5 Å². The third-order valence-corrected chi connectivity index (χ3v) is 16.1. The van der Waals surface area contributed by atoms with E-state index in [-0.39, 0.29) is 32.5 Å². The molecule has 9 aromatic rings. The topological polar surface area (TPSA) is 33.5 Å². The minimum atomic E-state index is -0.248. The lowest BCUT2D eigenvalue weighted by atomic mass is 9.78. The van der Waals surface area contributed by atoms with E-state index in [1.165, 1.54) is 67.0 Å². The van der Waals surface area contributed by atoms with E-state index in [0.29, 0.717) is 6.67 Å². The summed E-state index contributed by atoms with van der Waals surface area (Å²) in [6.07, 6.45) is 1.96. The van der Waals surface area contributed by atoms with Gasteiger partial charge in [-0.05, 0) is 139 Å². The minimum absolute atomic E-state index is 0.0156. The van der Waals surface area contributed by atoms with Crippen molar-refractivity contribution in [1.29, 1.82) is 0 Å². The molecular formula is C70H78N4O. The molecule has 0 saturated heterocycles. The highest BCUT2D eigenvalue weighted by Gasteiger charge is 2.34. The van der Waals surface area contributed by atoms with Crippen LogP contribution >= 0.6 is 0 Å². The Morgan fingerprint density at radius 2 is 0.880 bits per heavy atom. The largest absolute Gasteiger partial charge is 0.457 e. The number of hydrogen-bond donors (Lipinski definition) is 0. The number of pyridine rings is 1. The Morgan fingerprint density at radius 3 is 1.45 bits per heavy atom. The van der Waals surface area contributed by atoms with Crippen LogP contribution in [-0.4, -0.2) is 16.2 Å². The molecule has 5 heteroatoms. The van der Waals surface area contributed by atoms with Crippen molar-refractivity contribution < 1.29 is 4.74 Å². The fourth-order valence-corrected chi connectivity index (χ4v) is 10.8. The summed E-state index contributed by atoms with van der Waals surface area (Å²) in [7, 11) is 0. The Balaban J connectivity index is 1.11. The molecule has 0 bridgehead atoms. The molecule has 0 saturated carbocycles. The highest BCUT2D eigenvalue weighted by molar-refractivity contribution is 6.10. The first-order valence-corrected chi connectivity index (χ1v) is 27.0. The molecule has 75 heavy (non-hydrogen) atoms. The molecule has 0 N–H and O–H groups in total. The summed E-state index contributed by atoms with van der Waals surface area (Å²) < 4.78 is 9.51. The quantitative estimate of drug-likeness (QED) is 0.144. The molecule has 0 unspecified atom stereocenters. The number of nitrogens with zero attached hydrogens (tertiary/aromatic N) is 4. The van der Waals surface area contributed by atoms with E-state index in [0.717, 1.165) is 39.4 Å².